The van der Waals surface area contributed by atoms with Crippen molar-refractivity contribution in [3.8, 4) is 0 Å². The number of rotatable bonds is 5. The lowest BCUT2D eigenvalue weighted by molar-refractivity contribution is 0.423. The molecule has 1 aromatic carbocycles. The quantitative estimate of drug-likeness (QED) is 0.789. The smallest absolute Gasteiger partial charge is 0.209 e. The number of aryl methyl sites for hydroxylation is 1. The lowest BCUT2D eigenvalue weighted by Crippen LogP contribution is -2.08. The summed E-state index contributed by atoms with van der Waals surface area (Å²) < 4.78 is 2.00. The first-order chi connectivity index (χ1) is 9.84. The summed E-state index contributed by atoms with van der Waals surface area (Å²) in [6, 6.07) is 8.48. The van der Waals surface area contributed by atoms with Gasteiger partial charge >= 0.3 is 0 Å². The van der Waals surface area contributed by atoms with Gasteiger partial charge < -0.3 is 0 Å². The number of nitrogens with zero attached hydrogens (tertiary/aromatic N) is 4. The van der Waals surface area contributed by atoms with Crippen LogP contribution < -0.4 is 0 Å². The van der Waals surface area contributed by atoms with E-state index in [0.29, 0.717) is 6.04 Å². The van der Waals surface area contributed by atoms with Crippen LogP contribution in [0.2, 0.25) is 5.02 Å². The van der Waals surface area contributed by atoms with Crippen LogP contribution in [-0.4, -0.2) is 26.0 Å². The normalized spacial score (nSPS) is 15.8. The molecule has 1 aliphatic carbocycles. The molecule has 0 unspecified atom stereocenters. The highest BCUT2D eigenvalue weighted by atomic mass is 35.5. The van der Waals surface area contributed by atoms with Crippen LogP contribution in [0.5, 0.6) is 0 Å². The average Bonchev–Trinajstić information content (AvgIpc) is 3.11. The number of aromatic nitrogens is 4. The number of hydrogen-bond donors (Lipinski definition) is 0. The van der Waals surface area contributed by atoms with Crippen molar-refractivity contribution in [3.05, 3.63) is 34.9 Å². The minimum Gasteiger partial charge on any atom is -0.217 e. The Balaban J connectivity index is 1.59. The maximum absolute atomic E-state index is 6.16. The van der Waals surface area contributed by atoms with E-state index in [1.54, 1.807) is 11.8 Å². The maximum atomic E-state index is 6.16. The van der Waals surface area contributed by atoms with Crippen LogP contribution in [0.25, 0.3) is 0 Å². The molecule has 0 amide bonds. The molecule has 0 N–H and O–H groups in total. The zero-order valence-electron chi connectivity index (χ0n) is 11.2. The van der Waals surface area contributed by atoms with E-state index in [1.807, 2.05) is 22.9 Å². The summed E-state index contributed by atoms with van der Waals surface area (Å²) in [6.45, 7) is 0. The zero-order valence-corrected chi connectivity index (χ0v) is 12.8. The number of thioether (sulfide) groups is 1. The summed E-state index contributed by atoms with van der Waals surface area (Å²) in [5.74, 6) is 0.941. The van der Waals surface area contributed by atoms with Gasteiger partial charge in [-0.15, -0.1) is 5.10 Å². The standard InChI is InChI=1S/C14H17ClN4S/c15-13-8-4-1-5-11(13)9-10-20-14-16-17-18-19(14)12-6-2-3-7-12/h1,4-5,8,12H,2-3,6-7,9-10H2. The summed E-state index contributed by atoms with van der Waals surface area (Å²) in [7, 11) is 0. The Morgan fingerprint density at radius 1 is 1.25 bits per heavy atom. The van der Waals surface area contributed by atoms with Gasteiger partial charge in [-0.3, -0.25) is 0 Å². The summed E-state index contributed by atoms with van der Waals surface area (Å²) in [5.41, 5.74) is 1.18. The molecule has 4 nitrogen and oxygen atoms in total. The molecule has 0 spiro atoms. The third-order valence-electron chi connectivity index (χ3n) is 3.69. The summed E-state index contributed by atoms with van der Waals surface area (Å²) in [6.07, 6.45) is 5.90. The van der Waals surface area contributed by atoms with Crippen molar-refractivity contribution in [1.82, 2.24) is 20.2 Å². The lowest BCUT2D eigenvalue weighted by atomic mass is 10.2. The molecular weight excluding hydrogens is 292 g/mol. The van der Waals surface area contributed by atoms with Crippen molar-refractivity contribution in [3.63, 3.8) is 0 Å². The first kappa shape index (κ1) is 13.9. The Labute approximate surface area is 127 Å². The minimum absolute atomic E-state index is 0.493. The second-order valence-electron chi connectivity index (χ2n) is 5.03. The van der Waals surface area contributed by atoms with Gasteiger partial charge in [-0.25, -0.2) is 4.68 Å². The van der Waals surface area contributed by atoms with Gasteiger partial charge in [-0.05, 0) is 41.3 Å². The Morgan fingerprint density at radius 3 is 2.85 bits per heavy atom. The molecule has 6 heteroatoms. The first-order valence-electron chi connectivity index (χ1n) is 6.98. The molecule has 0 radical (unpaired) electrons. The summed E-state index contributed by atoms with van der Waals surface area (Å²) in [4.78, 5) is 0. The predicted molar refractivity (Wildman–Crippen MR) is 81.2 cm³/mol. The zero-order chi connectivity index (χ0) is 13.8. The molecule has 20 heavy (non-hydrogen) atoms. The van der Waals surface area contributed by atoms with Gasteiger partial charge in [0.15, 0.2) is 0 Å². The SMILES string of the molecule is Clc1ccccc1CCSc1nnnn1C1CCCC1. The van der Waals surface area contributed by atoms with Crippen LogP contribution >= 0.6 is 23.4 Å². The van der Waals surface area contributed by atoms with Crippen molar-refractivity contribution < 1.29 is 0 Å². The second kappa shape index (κ2) is 6.59. The average molecular weight is 309 g/mol. The van der Waals surface area contributed by atoms with E-state index in [0.717, 1.165) is 22.4 Å². The highest BCUT2D eigenvalue weighted by Crippen LogP contribution is 2.31. The van der Waals surface area contributed by atoms with Crippen molar-refractivity contribution >= 4 is 23.4 Å². The van der Waals surface area contributed by atoms with Gasteiger partial charge in [0, 0.05) is 10.8 Å². The fraction of sp³-hybridized carbons (Fsp3) is 0.500. The molecule has 1 aliphatic rings. The summed E-state index contributed by atoms with van der Waals surface area (Å²) in [5, 5.41) is 13.9. The number of tetrazole rings is 1. The Kier molecular flexibility index (Phi) is 4.58. The van der Waals surface area contributed by atoms with Gasteiger partial charge in [-0.1, -0.05) is 54.4 Å². The van der Waals surface area contributed by atoms with Crippen molar-refractivity contribution in [2.24, 2.45) is 0 Å². The number of benzene rings is 1. The van der Waals surface area contributed by atoms with E-state index < -0.39 is 0 Å². The monoisotopic (exact) mass is 308 g/mol. The summed E-state index contributed by atoms with van der Waals surface area (Å²) >= 11 is 7.88. The lowest BCUT2D eigenvalue weighted by Gasteiger charge is -2.10. The Bertz CT molecular complexity index is 566. The molecule has 0 saturated heterocycles. The molecule has 2 aromatic rings. The molecule has 106 valence electrons. The minimum atomic E-state index is 0.493. The molecule has 0 aliphatic heterocycles. The molecule has 1 heterocycles. The second-order valence-corrected chi connectivity index (χ2v) is 6.50. The molecule has 3 rings (SSSR count). The molecule has 1 fully saturated rings. The molecule has 0 atom stereocenters. The van der Waals surface area contributed by atoms with E-state index in [1.165, 1.54) is 31.2 Å². The predicted octanol–water partition coefficient (Wildman–Crippen LogP) is 3.78. The van der Waals surface area contributed by atoms with Gasteiger partial charge in [-0.2, -0.15) is 0 Å². The number of halogens is 1. The molecule has 1 saturated carbocycles. The largest absolute Gasteiger partial charge is 0.217 e. The Morgan fingerprint density at radius 2 is 2.05 bits per heavy atom. The molecular formula is C14H17ClN4S. The van der Waals surface area contributed by atoms with Crippen LogP contribution in [0.3, 0.4) is 0 Å². The van der Waals surface area contributed by atoms with Gasteiger partial charge in [0.2, 0.25) is 5.16 Å². The highest BCUT2D eigenvalue weighted by Gasteiger charge is 2.21. The van der Waals surface area contributed by atoms with Crippen LogP contribution in [-0.2, 0) is 6.42 Å². The van der Waals surface area contributed by atoms with Gasteiger partial charge in [0.05, 0.1) is 6.04 Å². The van der Waals surface area contributed by atoms with Crippen LogP contribution in [0, 0.1) is 0 Å². The first-order valence-corrected chi connectivity index (χ1v) is 8.35. The van der Waals surface area contributed by atoms with Crippen LogP contribution in [0.1, 0.15) is 37.3 Å². The maximum Gasteiger partial charge on any atom is 0.209 e. The molecule has 0 bridgehead atoms. The number of hydrogen-bond acceptors (Lipinski definition) is 4. The molecule has 1 aromatic heterocycles. The van der Waals surface area contributed by atoms with Crippen molar-refractivity contribution in [1.29, 1.82) is 0 Å². The van der Waals surface area contributed by atoms with E-state index in [2.05, 4.69) is 21.6 Å². The van der Waals surface area contributed by atoms with Gasteiger partial charge in [0.1, 0.15) is 0 Å². The third kappa shape index (κ3) is 3.15. The van der Waals surface area contributed by atoms with E-state index >= 15 is 0 Å². The fourth-order valence-electron chi connectivity index (χ4n) is 2.61. The topological polar surface area (TPSA) is 43.6 Å². The van der Waals surface area contributed by atoms with Crippen molar-refractivity contribution in [2.75, 3.05) is 5.75 Å². The van der Waals surface area contributed by atoms with Gasteiger partial charge in [0.25, 0.3) is 0 Å². The van der Waals surface area contributed by atoms with E-state index in [9.17, 15) is 0 Å². The highest BCUT2D eigenvalue weighted by molar-refractivity contribution is 7.99. The van der Waals surface area contributed by atoms with Crippen LogP contribution in [0.4, 0.5) is 0 Å². The van der Waals surface area contributed by atoms with Crippen LogP contribution in [0.15, 0.2) is 29.4 Å². The van der Waals surface area contributed by atoms with E-state index in [-0.39, 0.29) is 0 Å². The van der Waals surface area contributed by atoms with Crippen molar-refractivity contribution in [2.45, 2.75) is 43.3 Å². The fourth-order valence-corrected chi connectivity index (χ4v) is 3.76. The Hall–Kier alpha value is -1.07. The van der Waals surface area contributed by atoms with E-state index in [4.69, 9.17) is 11.6 Å². The third-order valence-corrected chi connectivity index (χ3v) is 5.00.